The van der Waals surface area contributed by atoms with Crippen LogP contribution in [0.3, 0.4) is 0 Å². The van der Waals surface area contributed by atoms with E-state index in [-0.39, 0.29) is 0 Å². The molecule has 110 valence electrons. The van der Waals surface area contributed by atoms with Crippen molar-refractivity contribution < 1.29 is 0 Å². The summed E-state index contributed by atoms with van der Waals surface area (Å²) in [6.45, 7) is 4.26. The van der Waals surface area contributed by atoms with Crippen molar-refractivity contribution >= 4 is 11.6 Å². The van der Waals surface area contributed by atoms with Crippen LogP contribution in [0.4, 0.5) is 0 Å². The van der Waals surface area contributed by atoms with Gasteiger partial charge in [0.15, 0.2) is 0 Å². The molecule has 0 aliphatic rings. The van der Waals surface area contributed by atoms with Crippen molar-refractivity contribution in [1.29, 1.82) is 0 Å². The Morgan fingerprint density at radius 3 is 1.59 bits per heavy atom. The first-order chi connectivity index (χ1) is 10.8. The average Bonchev–Trinajstić information content (AvgIpc) is 2.60. The Kier molecular flexibility index (Phi) is 6.19. The summed E-state index contributed by atoms with van der Waals surface area (Å²) in [5, 5.41) is 0. The predicted molar refractivity (Wildman–Crippen MR) is 97.6 cm³/mol. The van der Waals surface area contributed by atoms with Crippen molar-refractivity contribution in [2.24, 2.45) is 0 Å². The zero-order valence-corrected chi connectivity index (χ0v) is 13.2. The number of benzene rings is 3. The molecule has 0 atom stereocenters. The third-order valence-corrected chi connectivity index (χ3v) is 3.36. The van der Waals surface area contributed by atoms with Gasteiger partial charge in [-0.25, -0.2) is 0 Å². The molecule has 0 N–H and O–H groups in total. The van der Waals surface area contributed by atoms with Crippen LogP contribution in [0.25, 0.3) is 11.6 Å². The van der Waals surface area contributed by atoms with Gasteiger partial charge in [0.1, 0.15) is 0 Å². The average molecular weight is 286 g/mol. The van der Waals surface area contributed by atoms with E-state index in [9.17, 15) is 0 Å². The SMILES string of the molecule is C/C(=C/c1ccc(C)cc1)c1ccccc1.c1ccccc1. The standard InChI is InChI=1S/C16H16.C6H6/c1-13-8-10-15(11-9-13)12-14(2)16-6-4-3-5-7-16;1-2-4-6-5-3-1/h3-12H,1-2H3;1-6H/b14-12-;. The van der Waals surface area contributed by atoms with E-state index in [1.54, 1.807) is 0 Å². The van der Waals surface area contributed by atoms with E-state index in [1.165, 1.54) is 22.3 Å². The molecule has 0 fully saturated rings. The van der Waals surface area contributed by atoms with Gasteiger partial charge in [0.05, 0.1) is 0 Å². The van der Waals surface area contributed by atoms with Gasteiger partial charge in [0, 0.05) is 0 Å². The second-order valence-corrected chi connectivity index (χ2v) is 5.26. The topological polar surface area (TPSA) is 0 Å². The largest absolute Gasteiger partial charge is 0.0623 e. The van der Waals surface area contributed by atoms with E-state index in [0.29, 0.717) is 0 Å². The van der Waals surface area contributed by atoms with E-state index >= 15 is 0 Å². The molecule has 3 aromatic carbocycles. The molecule has 3 rings (SSSR count). The summed E-state index contributed by atoms with van der Waals surface area (Å²) in [5.41, 5.74) is 5.13. The normalized spacial score (nSPS) is 10.5. The molecule has 3 aromatic rings. The lowest BCUT2D eigenvalue weighted by Crippen LogP contribution is -1.79. The molecule has 0 saturated heterocycles. The van der Waals surface area contributed by atoms with Gasteiger partial charge < -0.3 is 0 Å². The van der Waals surface area contributed by atoms with E-state index < -0.39 is 0 Å². The van der Waals surface area contributed by atoms with Crippen molar-refractivity contribution in [1.82, 2.24) is 0 Å². The van der Waals surface area contributed by atoms with E-state index in [0.717, 1.165) is 0 Å². The fourth-order valence-electron chi connectivity index (χ4n) is 2.08. The molecule has 0 saturated carbocycles. The van der Waals surface area contributed by atoms with E-state index in [4.69, 9.17) is 0 Å². The molecule has 0 aliphatic carbocycles. The smallest absolute Gasteiger partial charge is 0.0227 e. The quantitative estimate of drug-likeness (QED) is 0.489. The van der Waals surface area contributed by atoms with Crippen molar-refractivity contribution in [3.8, 4) is 0 Å². The van der Waals surface area contributed by atoms with Gasteiger partial charge in [-0.15, -0.1) is 0 Å². The second-order valence-electron chi connectivity index (χ2n) is 5.26. The molecule has 0 amide bonds. The minimum absolute atomic E-state index is 1.26. The van der Waals surface area contributed by atoms with Crippen molar-refractivity contribution in [2.45, 2.75) is 13.8 Å². The second kappa shape index (κ2) is 8.63. The van der Waals surface area contributed by atoms with Crippen molar-refractivity contribution in [2.75, 3.05) is 0 Å². The summed E-state index contributed by atoms with van der Waals surface area (Å²) in [4.78, 5) is 0. The first-order valence-corrected chi connectivity index (χ1v) is 7.56. The molecule has 0 bridgehead atoms. The third kappa shape index (κ3) is 5.41. The van der Waals surface area contributed by atoms with Gasteiger partial charge in [-0.3, -0.25) is 0 Å². The Labute approximate surface area is 133 Å². The molecular formula is C22H22. The highest BCUT2D eigenvalue weighted by Gasteiger charge is 1.94. The molecule has 0 nitrogen and oxygen atoms in total. The monoisotopic (exact) mass is 286 g/mol. The number of aryl methyl sites for hydroxylation is 1. The zero-order chi connectivity index (χ0) is 15.6. The molecular weight excluding hydrogens is 264 g/mol. The Bertz CT molecular complexity index is 650. The molecule has 0 radical (unpaired) electrons. The fraction of sp³-hybridized carbons (Fsp3) is 0.0909. The maximum absolute atomic E-state index is 2.22. The van der Waals surface area contributed by atoms with Gasteiger partial charge in [-0.1, -0.05) is 103 Å². The van der Waals surface area contributed by atoms with Crippen LogP contribution in [0.5, 0.6) is 0 Å². The number of hydrogen-bond acceptors (Lipinski definition) is 0. The van der Waals surface area contributed by atoms with Crippen LogP contribution >= 0.6 is 0 Å². The van der Waals surface area contributed by atoms with Gasteiger partial charge >= 0.3 is 0 Å². The molecule has 0 aromatic heterocycles. The third-order valence-electron chi connectivity index (χ3n) is 3.36. The molecule has 0 unspecified atom stereocenters. The molecule has 0 aliphatic heterocycles. The minimum atomic E-state index is 1.26. The highest BCUT2D eigenvalue weighted by molar-refractivity contribution is 5.80. The van der Waals surface area contributed by atoms with Crippen LogP contribution in [0.2, 0.25) is 0 Å². The first kappa shape index (κ1) is 15.8. The van der Waals surface area contributed by atoms with Crippen LogP contribution in [0, 0.1) is 6.92 Å². The van der Waals surface area contributed by atoms with Gasteiger partial charge in [0.2, 0.25) is 0 Å². The Hall–Kier alpha value is -2.60. The van der Waals surface area contributed by atoms with E-state index in [2.05, 4.69) is 68.5 Å². The summed E-state index contributed by atoms with van der Waals surface area (Å²) in [5.74, 6) is 0. The van der Waals surface area contributed by atoms with Crippen LogP contribution in [0.1, 0.15) is 23.6 Å². The fourth-order valence-corrected chi connectivity index (χ4v) is 2.08. The van der Waals surface area contributed by atoms with Gasteiger partial charge in [-0.2, -0.15) is 0 Å². The number of rotatable bonds is 2. The molecule has 22 heavy (non-hydrogen) atoms. The maximum Gasteiger partial charge on any atom is -0.0227 e. The van der Waals surface area contributed by atoms with Crippen LogP contribution in [-0.2, 0) is 0 Å². The summed E-state index contributed by atoms with van der Waals surface area (Å²) >= 11 is 0. The molecule has 0 heterocycles. The number of hydrogen-bond donors (Lipinski definition) is 0. The highest BCUT2D eigenvalue weighted by Crippen LogP contribution is 2.17. The molecule has 0 spiro atoms. The lowest BCUT2D eigenvalue weighted by atomic mass is 10.0. The predicted octanol–water partition coefficient (Wildman–Crippen LogP) is 6.24. The van der Waals surface area contributed by atoms with Gasteiger partial charge in [0.25, 0.3) is 0 Å². The molecule has 0 heteroatoms. The zero-order valence-electron chi connectivity index (χ0n) is 13.2. The lowest BCUT2D eigenvalue weighted by Gasteiger charge is -2.01. The van der Waals surface area contributed by atoms with Crippen LogP contribution < -0.4 is 0 Å². The van der Waals surface area contributed by atoms with Crippen LogP contribution in [-0.4, -0.2) is 0 Å². The van der Waals surface area contributed by atoms with Crippen LogP contribution in [0.15, 0.2) is 91.0 Å². The highest BCUT2D eigenvalue weighted by atomic mass is 14.0. The van der Waals surface area contributed by atoms with Crippen molar-refractivity contribution in [3.05, 3.63) is 108 Å². The maximum atomic E-state index is 2.22. The van der Waals surface area contributed by atoms with E-state index in [1.807, 2.05) is 42.5 Å². The Morgan fingerprint density at radius 1 is 0.636 bits per heavy atom. The lowest BCUT2D eigenvalue weighted by molar-refractivity contribution is 1.46. The van der Waals surface area contributed by atoms with Gasteiger partial charge in [-0.05, 0) is 30.5 Å². The summed E-state index contributed by atoms with van der Waals surface area (Å²) in [6, 6.07) is 31.1. The summed E-state index contributed by atoms with van der Waals surface area (Å²) < 4.78 is 0. The first-order valence-electron chi connectivity index (χ1n) is 7.56. The number of allylic oxidation sites excluding steroid dienone is 1. The Morgan fingerprint density at radius 2 is 1.09 bits per heavy atom. The minimum Gasteiger partial charge on any atom is -0.0623 e. The van der Waals surface area contributed by atoms with Crippen molar-refractivity contribution in [3.63, 3.8) is 0 Å². The Balaban J connectivity index is 0.000000246. The summed E-state index contributed by atoms with van der Waals surface area (Å²) in [7, 11) is 0. The summed E-state index contributed by atoms with van der Waals surface area (Å²) in [6.07, 6.45) is 2.22.